The Hall–Kier alpha value is -2.51. The van der Waals surface area contributed by atoms with Gasteiger partial charge in [-0.1, -0.05) is 0 Å². The second kappa shape index (κ2) is 7.04. The fraction of sp³-hybridized carbons (Fsp3) is 0.364. The van der Waals surface area contributed by atoms with Crippen molar-refractivity contribution in [3.8, 4) is 0 Å². The van der Waals surface area contributed by atoms with Gasteiger partial charge in [-0.05, 0) is 12.1 Å². The largest absolute Gasteiger partial charge is 0.480 e. The van der Waals surface area contributed by atoms with Gasteiger partial charge in [0.2, 0.25) is 0 Å². The summed E-state index contributed by atoms with van der Waals surface area (Å²) in [5, 5.41) is 19.6. The first kappa shape index (κ1) is 14.6. The number of furan rings is 1. The number of hydrogen-bond acceptors (Lipinski definition) is 4. The van der Waals surface area contributed by atoms with Gasteiger partial charge in [0.05, 0.1) is 6.26 Å². The molecule has 0 aromatic carbocycles. The first-order valence-electron chi connectivity index (χ1n) is 5.48. The Morgan fingerprint density at radius 3 is 2.32 bits per heavy atom. The summed E-state index contributed by atoms with van der Waals surface area (Å²) in [7, 11) is 0. The van der Waals surface area contributed by atoms with Crippen LogP contribution in [0.2, 0.25) is 0 Å². The SMILES string of the molecule is O=C(O)CN(CC(=O)O)C(=O)NCCc1ccco1. The topological polar surface area (TPSA) is 120 Å². The lowest BCUT2D eigenvalue weighted by Gasteiger charge is -2.18. The molecule has 0 atom stereocenters. The summed E-state index contributed by atoms with van der Waals surface area (Å²) in [5.74, 6) is -1.88. The summed E-state index contributed by atoms with van der Waals surface area (Å²) in [5.41, 5.74) is 0. The molecule has 0 fully saturated rings. The maximum absolute atomic E-state index is 11.6. The Morgan fingerprint density at radius 2 is 1.84 bits per heavy atom. The zero-order chi connectivity index (χ0) is 14.3. The van der Waals surface area contributed by atoms with Crippen LogP contribution in [0.5, 0.6) is 0 Å². The predicted molar refractivity (Wildman–Crippen MR) is 62.7 cm³/mol. The van der Waals surface area contributed by atoms with E-state index >= 15 is 0 Å². The highest BCUT2D eigenvalue weighted by Gasteiger charge is 2.19. The summed E-state index contributed by atoms with van der Waals surface area (Å²) >= 11 is 0. The lowest BCUT2D eigenvalue weighted by Crippen LogP contribution is -2.45. The molecule has 0 saturated heterocycles. The molecule has 1 aromatic rings. The smallest absolute Gasteiger partial charge is 0.323 e. The minimum atomic E-state index is -1.28. The van der Waals surface area contributed by atoms with E-state index in [0.29, 0.717) is 17.1 Å². The molecule has 0 aliphatic heterocycles. The number of nitrogens with one attached hydrogen (secondary N) is 1. The highest BCUT2D eigenvalue weighted by Crippen LogP contribution is 1.99. The van der Waals surface area contributed by atoms with Crippen LogP contribution in [-0.2, 0) is 16.0 Å². The van der Waals surface area contributed by atoms with Gasteiger partial charge in [-0.25, -0.2) is 4.79 Å². The van der Waals surface area contributed by atoms with Crippen LogP contribution in [0.4, 0.5) is 4.79 Å². The molecule has 8 nitrogen and oxygen atoms in total. The molecule has 0 unspecified atom stereocenters. The van der Waals surface area contributed by atoms with Crippen molar-refractivity contribution in [1.29, 1.82) is 0 Å². The van der Waals surface area contributed by atoms with Crippen LogP contribution < -0.4 is 5.32 Å². The maximum Gasteiger partial charge on any atom is 0.323 e. The molecule has 0 radical (unpaired) electrons. The van der Waals surface area contributed by atoms with E-state index in [2.05, 4.69) is 5.32 Å². The minimum absolute atomic E-state index is 0.224. The number of nitrogens with zero attached hydrogens (tertiary/aromatic N) is 1. The lowest BCUT2D eigenvalue weighted by molar-refractivity contribution is -0.140. The second-order valence-electron chi connectivity index (χ2n) is 3.70. The van der Waals surface area contributed by atoms with Gasteiger partial charge >= 0.3 is 18.0 Å². The number of amides is 2. The molecule has 1 aromatic heterocycles. The highest BCUT2D eigenvalue weighted by molar-refractivity contribution is 5.84. The second-order valence-corrected chi connectivity index (χ2v) is 3.70. The molecule has 0 spiro atoms. The number of carboxylic acid groups (broad SMARTS) is 2. The van der Waals surface area contributed by atoms with Crippen molar-refractivity contribution in [1.82, 2.24) is 10.2 Å². The number of rotatable bonds is 7. The van der Waals surface area contributed by atoms with Gasteiger partial charge in [-0.15, -0.1) is 0 Å². The first-order chi connectivity index (χ1) is 8.99. The third kappa shape index (κ3) is 5.57. The Kier molecular flexibility index (Phi) is 5.39. The van der Waals surface area contributed by atoms with Crippen molar-refractivity contribution in [2.75, 3.05) is 19.6 Å². The zero-order valence-electron chi connectivity index (χ0n) is 10.0. The van der Waals surface area contributed by atoms with E-state index in [9.17, 15) is 14.4 Å². The van der Waals surface area contributed by atoms with E-state index < -0.39 is 31.1 Å². The van der Waals surface area contributed by atoms with Gasteiger partial charge in [0, 0.05) is 13.0 Å². The zero-order valence-corrected chi connectivity index (χ0v) is 10.0. The Bertz CT molecular complexity index is 426. The molecule has 0 aliphatic carbocycles. The maximum atomic E-state index is 11.6. The number of carbonyl (C=O) groups excluding carboxylic acids is 1. The van der Waals surface area contributed by atoms with E-state index in [0.717, 1.165) is 0 Å². The fourth-order valence-corrected chi connectivity index (χ4v) is 1.39. The normalized spacial score (nSPS) is 9.89. The van der Waals surface area contributed by atoms with Crippen molar-refractivity contribution < 1.29 is 29.0 Å². The number of hydrogen-bond donors (Lipinski definition) is 3. The quantitative estimate of drug-likeness (QED) is 0.641. The Labute approximate surface area is 108 Å². The van der Waals surface area contributed by atoms with Gasteiger partial charge in [-0.3, -0.25) is 9.59 Å². The van der Waals surface area contributed by atoms with E-state index in [1.165, 1.54) is 6.26 Å². The highest BCUT2D eigenvalue weighted by atomic mass is 16.4. The molecule has 0 bridgehead atoms. The summed E-state index contributed by atoms with van der Waals surface area (Å²) in [6.07, 6.45) is 1.94. The molecule has 8 heteroatoms. The molecular formula is C11H14N2O6. The average Bonchev–Trinajstić information content (AvgIpc) is 2.79. The van der Waals surface area contributed by atoms with Crippen LogP contribution in [0.25, 0.3) is 0 Å². The van der Waals surface area contributed by atoms with Crippen molar-refractivity contribution in [3.05, 3.63) is 24.2 Å². The summed E-state index contributed by atoms with van der Waals surface area (Å²) in [6.45, 7) is -1.11. The molecule has 1 heterocycles. The molecule has 104 valence electrons. The van der Waals surface area contributed by atoms with Gasteiger partial charge in [0.15, 0.2) is 0 Å². The monoisotopic (exact) mass is 270 g/mol. The Morgan fingerprint density at radius 1 is 1.21 bits per heavy atom. The van der Waals surface area contributed by atoms with Crippen LogP contribution in [0, 0.1) is 0 Å². The lowest BCUT2D eigenvalue weighted by atomic mass is 10.3. The van der Waals surface area contributed by atoms with Crippen molar-refractivity contribution in [3.63, 3.8) is 0 Å². The van der Waals surface area contributed by atoms with Crippen LogP contribution in [0.3, 0.4) is 0 Å². The van der Waals surface area contributed by atoms with Crippen LogP contribution in [0.15, 0.2) is 22.8 Å². The van der Waals surface area contributed by atoms with Crippen LogP contribution in [-0.4, -0.2) is 52.7 Å². The van der Waals surface area contributed by atoms with Crippen molar-refractivity contribution >= 4 is 18.0 Å². The first-order valence-corrected chi connectivity index (χ1v) is 5.48. The van der Waals surface area contributed by atoms with Crippen LogP contribution in [0.1, 0.15) is 5.76 Å². The van der Waals surface area contributed by atoms with E-state index in [1.54, 1.807) is 12.1 Å². The summed E-state index contributed by atoms with van der Waals surface area (Å²) in [6, 6.07) is 2.70. The average molecular weight is 270 g/mol. The van der Waals surface area contributed by atoms with Gasteiger partial charge in [-0.2, -0.15) is 0 Å². The summed E-state index contributed by atoms with van der Waals surface area (Å²) in [4.78, 5) is 33.4. The van der Waals surface area contributed by atoms with E-state index in [1.807, 2.05) is 0 Å². The van der Waals surface area contributed by atoms with Gasteiger partial charge in [0.25, 0.3) is 0 Å². The third-order valence-electron chi connectivity index (χ3n) is 2.17. The number of urea groups is 1. The predicted octanol–water partition coefficient (Wildman–Crippen LogP) is 0.00290. The van der Waals surface area contributed by atoms with E-state index in [-0.39, 0.29) is 6.54 Å². The van der Waals surface area contributed by atoms with Crippen LogP contribution >= 0.6 is 0 Å². The number of carbonyl (C=O) groups is 3. The van der Waals surface area contributed by atoms with E-state index in [4.69, 9.17) is 14.6 Å². The van der Waals surface area contributed by atoms with Crippen molar-refractivity contribution in [2.45, 2.75) is 6.42 Å². The van der Waals surface area contributed by atoms with Crippen molar-refractivity contribution in [2.24, 2.45) is 0 Å². The standard InChI is InChI=1S/C11H14N2O6/c14-9(15)6-13(7-10(16)17)11(18)12-4-3-8-2-1-5-19-8/h1-2,5H,3-4,6-7H2,(H,12,18)(H,14,15)(H,16,17). The minimum Gasteiger partial charge on any atom is -0.480 e. The van der Waals surface area contributed by atoms with Gasteiger partial charge < -0.3 is 24.8 Å². The number of carboxylic acids is 2. The number of aliphatic carboxylic acids is 2. The Balaban J connectivity index is 2.42. The molecule has 3 N–H and O–H groups in total. The molecule has 19 heavy (non-hydrogen) atoms. The summed E-state index contributed by atoms with van der Waals surface area (Å²) < 4.78 is 5.05. The molecular weight excluding hydrogens is 256 g/mol. The molecule has 1 rings (SSSR count). The molecule has 0 saturated carbocycles. The third-order valence-corrected chi connectivity index (χ3v) is 2.17. The molecule has 0 aliphatic rings. The molecule has 2 amide bonds. The van der Waals surface area contributed by atoms with Gasteiger partial charge in [0.1, 0.15) is 18.8 Å². The fourth-order valence-electron chi connectivity index (χ4n) is 1.39.